The number of nitrogens with one attached hydrogen (secondary N) is 2. The van der Waals surface area contributed by atoms with Crippen LogP contribution in [0.2, 0.25) is 0 Å². The summed E-state index contributed by atoms with van der Waals surface area (Å²) in [7, 11) is 0. The molecule has 2 N–H and O–H groups in total. The maximum atomic E-state index is 6.25. The van der Waals surface area contributed by atoms with Crippen LogP contribution in [0.25, 0.3) is 17.5 Å². The van der Waals surface area contributed by atoms with Crippen LogP contribution in [-0.2, 0) is 6.61 Å². The highest BCUT2D eigenvalue weighted by atomic mass is 16.5. The average Bonchev–Trinajstić information content (AvgIpc) is 3.64. The van der Waals surface area contributed by atoms with Gasteiger partial charge in [0.15, 0.2) is 0 Å². The Labute approximate surface area is 210 Å². The molecule has 0 aliphatic carbocycles. The summed E-state index contributed by atoms with van der Waals surface area (Å²) in [5.74, 6) is 0.843. The van der Waals surface area contributed by atoms with Gasteiger partial charge in [-0.15, -0.1) is 0 Å². The highest BCUT2D eigenvalue weighted by Crippen LogP contribution is 2.32. The fraction of sp³-hybridized carbons (Fsp3) is 0.387. The Balaban J connectivity index is 1.36. The fourth-order valence-corrected chi connectivity index (χ4v) is 4.54. The van der Waals surface area contributed by atoms with Gasteiger partial charge >= 0.3 is 0 Å². The van der Waals surface area contributed by atoms with Crippen molar-refractivity contribution in [2.45, 2.75) is 77.7 Å². The van der Waals surface area contributed by atoms with Crippen molar-refractivity contribution in [3.05, 3.63) is 83.3 Å². The molecule has 4 rings (SSSR count). The van der Waals surface area contributed by atoms with Gasteiger partial charge in [-0.1, -0.05) is 88.6 Å². The van der Waals surface area contributed by atoms with Gasteiger partial charge in [0.05, 0.1) is 22.8 Å². The van der Waals surface area contributed by atoms with Crippen molar-refractivity contribution >= 4 is 12.3 Å². The molecule has 0 amide bonds. The Kier molecular flexibility index (Phi) is 9.64. The lowest BCUT2D eigenvalue weighted by Crippen LogP contribution is -1.95. The Bertz CT molecular complexity index is 1100. The topological polar surface area (TPSA) is 53.2 Å². The van der Waals surface area contributed by atoms with Gasteiger partial charge < -0.3 is 14.7 Å². The van der Waals surface area contributed by atoms with Gasteiger partial charge in [-0.2, -0.15) is 0 Å². The molecule has 0 saturated heterocycles. The van der Waals surface area contributed by atoms with E-state index in [0.29, 0.717) is 6.61 Å². The highest BCUT2D eigenvalue weighted by molar-refractivity contribution is 5.82. The summed E-state index contributed by atoms with van der Waals surface area (Å²) in [6, 6.07) is 16.4. The minimum atomic E-state index is 0.531. The van der Waals surface area contributed by atoms with E-state index in [1.54, 1.807) is 0 Å². The maximum absolute atomic E-state index is 6.25. The van der Waals surface area contributed by atoms with Gasteiger partial charge in [-0.3, -0.25) is 4.99 Å². The lowest BCUT2D eigenvalue weighted by Gasteiger charge is -2.07. The van der Waals surface area contributed by atoms with E-state index in [1.165, 1.54) is 63.4 Å². The van der Waals surface area contributed by atoms with Gasteiger partial charge in [-0.25, -0.2) is 0 Å². The Morgan fingerprint density at radius 1 is 0.857 bits per heavy atom. The molecule has 3 aromatic rings. The molecule has 0 radical (unpaired) electrons. The minimum Gasteiger partial charge on any atom is -0.487 e. The molecule has 2 aromatic heterocycles. The van der Waals surface area contributed by atoms with Crippen LogP contribution in [-0.4, -0.2) is 16.2 Å². The van der Waals surface area contributed by atoms with Gasteiger partial charge in [0.2, 0.25) is 0 Å². The zero-order valence-electron chi connectivity index (χ0n) is 21.1. The van der Waals surface area contributed by atoms with Crippen molar-refractivity contribution in [1.29, 1.82) is 0 Å². The quantitative estimate of drug-likeness (QED) is 0.215. The zero-order chi connectivity index (χ0) is 24.1. The van der Waals surface area contributed by atoms with Crippen molar-refractivity contribution in [3.8, 4) is 17.1 Å². The third-order valence-corrected chi connectivity index (χ3v) is 6.58. The Morgan fingerprint density at radius 3 is 2.37 bits per heavy atom. The third kappa shape index (κ3) is 7.61. The first-order valence-electron chi connectivity index (χ1n) is 13.3. The van der Waals surface area contributed by atoms with Crippen LogP contribution >= 0.6 is 0 Å². The number of unbranched alkanes of at least 4 members (excludes halogenated alkanes) is 8. The molecule has 1 aliphatic heterocycles. The summed E-state index contributed by atoms with van der Waals surface area (Å²) in [6.07, 6.45) is 21.3. The lowest BCUT2D eigenvalue weighted by atomic mass is 10.0. The van der Waals surface area contributed by atoms with Crippen LogP contribution in [0.15, 0.2) is 77.1 Å². The van der Waals surface area contributed by atoms with Crippen LogP contribution in [0, 0.1) is 0 Å². The second kappa shape index (κ2) is 13.6. The van der Waals surface area contributed by atoms with Crippen molar-refractivity contribution in [3.63, 3.8) is 0 Å². The predicted molar refractivity (Wildman–Crippen MR) is 148 cm³/mol. The van der Waals surface area contributed by atoms with Crippen LogP contribution in [0.1, 0.15) is 82.4 Å². The normalized spacial score (nSPS) is 14.1. The minimum absolute atomic E-state index is 0.531. The summed E-state index contributed by atoms with van der Waals surface area (Å²) in [4.78, 5) is 11.5. The molecule has 0 atom stereocenters. The molecule has 0 unspecified atom stereocenters. The summed E-state index contributed by atoms with van der Waals surface area (Å²) in [5.41, 5.74) is 6.51. The number of aromatic nitrogens is 2. The van der Waals surface area contributed by atoms with E-state index in [1.807, 2.05) is 36.7 Å². The van der Waals surface area contributed by atoms with E-state index in [0.717, 1.165) is 40.5 Å². The second-order valence-electron chi connectivity index (χ2n) is 9.40. The van der Waals surface area contributed by atoms with Crippen LogP contribution in [0.5, 0.6) is 5.75 Å². The van der Waals surface area contributed by atoms with Crippen LogP contribution < -0.4 is 4.74 Å². The lowest BCUT2D eigenvalue weighted by molar-refractivity contribution is 0.306. The van der Waals surface area contributed by atoms with Crippen molar-refractivity contribution in [1.82, 2.24) is 9.97 Å². The highest BCUT2D eigenvalue weighted by Gasteiger charge is 2.14. The van der Waals surface area contributed by atoms with Gasteiger partial charge in [0.1, 0.15) is 12.4 Å². The van der Waals surface area contributed by atoms with E-state index in [-0.39, 0.29) is 0 Å². The molecular weight excluding hydrogens is 430 g/mol. The Morgan fingerprint density at radius 2 is 1.63 bits per heavy atom. The molecular formula is C31H39N3O. The standard InChI is InChI=1S/C31H39N3O/c1-2-3-4-5-6-7-8-9-13-17-26-19-21-33-28(26)22-30-31(35-24-25-15-11-10-12-16-25)23-29(34-30)27-18-14-20-32-27/h10-12,14-16,18-23,32,34H,2-9,13,17,24H2,1H3. The summed E-state index contributed by atoms with van der Waals surface area (Å²) >= 11 is 0. The number of hydrogen-bond acceptors (Lipinski definition) is 2. The first-order valence-corrected chi connectivity index (χ1v) is 13.3. The maximum Gasteiger partial charge on any atom is 0.145 e. The van der Waals surface area contributed by atoms with E-state index in [4.69, 9.17) is 4.74 Å². The molecule has 0 bridgehead atoms. The monoisotopic (exact) mass is 469 g/mol. The third-order valence-electron chi connectivity index (χ3n) is 6.58. The van der Waals surface area contributed by atoms with E-state index in [9.17, 15) is 0 Å². The number of ether oxygens (including phenoxy) is 1. The number of nitrogens with zero attached hydrogens (tertiary/aromatic N) is 1. The summed E-state index contributed by atoms with van der Waals surface area (Å²) in [6.45, 7) is 2.81. The number of benzene rings is 1. The van der Waals surface area contributed by atoms with Gasteiger partial charge in [0, 0.05) is 18.5 Å². The number of aliphatic imine (C=N–C) groups is 1. The fourth-order valence-electron chi connectivity index (χ4n) is 4.54. The van der Waals surface area contributed by atoms with E-state index >= 15 is 0 Å². The van der Waals surface area contributed by atoms with Crippen molar-refractivity contribution < 1.29 is 4.74 Å². The number of allylic oxidation sites excluding steroid dienone is 2. The molecule has 4 nitrogen and oxygen atoms in total. The SMILES string of the molecule is CCCCCCCCCCCC1=CC=NC1=Cc1[nH]c(-c2ccc[nH]2)cc1OCc1ccccc1. The van der Waals surface area contributed by atoms with Crippen molar-refractivity contribution in [2.24, 2.45) is 4.99 Å². The van der Waals surface area contributed by atoms with E-state index in [2.05, 4.69) is 58.3 Å². The first-order chi connectivity index (χ1) is 17.3. The molecule has 35 heavy (non-hydrogen) atoms. The van der Waals surface area contributed by atoms with Crippen molar-refractivity contribution in [2.75, 3.05) is 0 Å². The van der Waals surface area contributed by atoms with Crippen LogP contribution in [0.3, 0.4) is 0 Å². The first kappa shape index (κ1) is 24.8. The molecule has 1 aliphatic rings. The second-order valence-corrected chi connectivity index (χ2v) is 9.40. The molecule has 184 valence electrons. The molecule has 3 heterocycles. The number of rotatable bonds is 15. The smallest absolute Gasteiger partial charge is 0.145 e. The molecule has 0 saturated carbocycles. The largest absolute Gasteiger partial charge is 0.487 e. The molecule has 0 spiro atoms. The number of aromatic amines is 2. The summed E-state index contributed by atoms with van der Waals surface area (Å²) in [5, 5.41) is 0. The predicted octanol–water partition coefficient (Wildman–Crippen LogP) is 8.86. The molecule has 1 aromatic carbocycles. The number of hydrogen-bond donors (Lipinski definition) is 2. The molecule has 4 heteroatoms. The van der Waals surface area contributed by atoms with Crippen LogP contribution in [0.4, 0.5) is 0 Å². The van der Waals surface area contributed by atoms with Gasteiger partial charge in [0.25, 0.3) is 0 Å². The zero-order valence-corrected chi connectivity index (χ0v) is 21.1. The average molecular weight is 470 g/mol. The van der Waals surface area contributed by atoms with Gasteiger partial charge in [-0.05, 0) is 48.3 Å². The number of H-pyrrole nitrogens is 2. The Hall–Kier alpha value is -3.27. The summed E-state index contributed by atoms with van der Waals surface area (Å²) < 4.78 is 6.25. The molecule has 0 fully saturated rings. The van der Waals surface area contributed by atoms with E-state index < -0.39 is 0 Å².